The molecule has 108 valence electrons. The van der Waals surface area contributed by atoms with E-state index >= 15 is 0 Å². The fourth-order valence-corrected chi connectivity index (χ4v) is 0.534. The van der Waals surface area contributed by atoms with Crippen molar-refractivity contribution in [2.24, 2.45) is 5.84 Å². The van der Waals surface area contributed by atoms with Crippen LogP contribution in [-0.2, 0) is 0 Å². The molecule has 0 heterocycles. The van der Waals surface area contributed by atoms with E-state index in [2.05, 4.69) is 24.5 Å². The van der Waals surface area contributed by atoms with E-state index in [0.717, 1.165) is 0 Å². The second kappa shape index (κ2) is 20.3. The first-order valence-electron chi connectivity index (χ1n) is 4.45. The first-order valence-corrected chi connectivity index (χ1v) is 4.45. The van der Waals surface area contributed by atoms with Gasteiger partial charge in [-0.1, -0.05) is 35.9 Å². The molecule has 0 saturated carbocycles. The minimum absolute atomic E-state index is 0. The van der Waals surface area contributed by atoms with E-state index in [4.69, 9.17) is 5.84 Å². The Balaban J connectivity index is -0.0000000232. The molecule has 0 aromatic heterocycles. The van der Waals surface area contributed by atoms with Crippen molar-refractivity contribution in [2.75, 3.05) is 0 Å². The van der Waals surface area contributed by atoms with Gasteiger partial charge in [-0.3, -0.25) is 11.3 Å². The normalized spacial score (nSPS) is 7.39. The summed E-state index contributed by atoms with van der Waals surface area (Å²) < 4.78 is 0. The molecule has 0 bridgehead atoms. The van der Waals surface area contributed by atoms with Crippen LogP contribution >= 0.6 is 37.2 Å². The average Bonchev–Trinajstić information content (AvgIpc) is 2.06. The Labute approximate surface area is 153 Å². The number of hydrazine groups is 1. The smallest absolute Gasteiger partial charge is 1.00 e. The number of hydrogen-bond acceptors (Lipinski definition) is 2. The van der Waals surface area contributed by atoms with E-state index in [9.17, 15) is 0 Å². The van der Waals surface area contributed by atoms with Crippen molar-refractivity contribution in [1.82, 2.24) is 5.43 Å². The van der Waals surface area contributed by atoms with E-state index in [1.807, 2.05) is 39.0 Å². The van der Waals surface area contributed by atoms with Crippen LogP contribution in [-0.4, -0.2) is 11.0 Å². The van der Waals surface area contributed by atoms with Crippen molar-refractivity contribution in [3.8, 4) is 0 Å². The van der Waals surface area contributed by atoms with E-state index in [1.165, 1.54) is 5.56 Å². The van der Waals surface area contributed by atoms with Crippen molar-refractivity contribution in [3.05, 3.63) is 35.9 Å². The summed E-state index contributed by atoms with van der Waals surface area (Å²) in [6.45, 7) is 8.10. The summed E-state index contributed by atoms with van der Waals surface area (Å²) in [4.78, 5) is 0. The Bertz CT molecular complexity index is 239. The van der Waals surface area contributed by atoms with Crippen molar-refractivity contribution >= 4 is 37.2 Å². The molecule has 1 aromatic carbocycles. The molecule has 0 amide bonds. The second-order valence-electron chi connectivity index (χ2n) is 4.05. The molecule has 0 fully saturated rings. The Morgan fingerprint density at radius 1 is 1.00 bits per heavy atom. The van der Waals surface area contributed by atoms with Crippen LogP contribution in [0, 0.1) is 6.92 Å². The van der Waals surface area contributed by atoms with Crippen LogP contribution in [0.4, 0.5) is 0 Å². The van der Waals surface area contributed by atoms with Gasteiger partial charge >= 0.3 is 29.6 Å². The number of aryl methyl sites for hydroxylation is 1. The number of nitrogens with one attached hydrogen (secondary N) is 1. The summed E-state index contributed by atoms with van der Waals surface area (Å²) in [6, 6.07) is 10.3. The molecule has 0 atom stereocenters. The topological polar surface area (TPSA) is 69.5 Å². The third-order valence-electron chi connectivity index (χ3n) is 1.37. The van der Waals surface area contributed by atoms with E-state index in [-0.39, 0.29) is 79.2 Å². The average molecular weight is 332 g/mol. The van der Waals surface area contributed by atoms with Crippen LogP contribution in [0.3, 0.4) is 0 Å². The van der Waals surface area contributed by atoms with Gasteiger partial charge < -0.3 is 6.90 Å². The van der Waals surface area contributed by atoms with Gasteiger partial charge in [0.25, 0.3) is 0 Å². The summed E-state index contributed by atoms with van der Waals surface area (Å²) in [5.41, 5.74) is 4.00. The van der Waals surface area contributed by atoms with Crippen LogP contribution in [0.25, 0.3) is 0 Å². The molecule has 0 spiro atoms. The van der Waals surface area contributed by atoms with Crippen molar-refractivity contribution < 1.29 is 36.5 Å². The van der Waals surface area contributed by atoms with Crippen LogP contribution in [0.15, 0.2) is 30.3 Å². The summed E-state index contributed by atoms with van der Waals surface area (Å²) >= 11 is 0. The molecule has 5 N–H and O–H groups in total. The maximum absolute atomic E-state index is 5.06. The standard InChI is InChI=1S/C7H8.C4H12N2.3ClH.Na.H2O.H/c1-7-5-3-2-4-6-7;1-4(2,3)6-5;;;;;;/h2-6H,1H3;6H,5H2,1-3H3;3*1H;;1H2;/q;;;;;+1;;-1. The molecule has 0 aliphatic carbocycles. The number of nitrogens with two attached hydrogens (primary N) is 1. The van der Waals surface area contributed by atoms with Crippen LogP contribution in [0.1, 0.15) is 27.8 Å². The fraction of sp³-hybridized carbons (Fsp3) is 0.455. The zero-order chi connectivity index (χ0) is 10.3. The van der Waals surface area contributed by atoms with Gasteiger partial charge in [0.05, 0.1) is 0 Å². The molecule has 0 aliphatic heterocycles. The molecule has 0 unspecified atom stereocenters. The summed E-state index contributed by atoms with van der Waals surface area (Å²) in [7, 11) is 0. The van der Waals surface area contributed by atoms with Gasteiger partial charge in [-0.15, -0.1) is 37.2 Å². The zero-order valence-electron chi connectivity index (χ0n) is 12.7. The quantitative estimate of drug-likeness (QED) is 0.393. The third kappa shape index (κ3) is 30.2. The molecule has 0 saturated heterocycles. The van der Waals surface area contributed by atoms with Gasteiger partial charge in [-0.05, 0) is 27.7 Å². The van der Waals surface area contributed by atoms with Gasteiger partial charge in [0, 0.05) is 5.54 Å². The fourth-order valence-electron chi connectivity index (χ4n) is 0.534. The van der Waals surface area contributed by atoms with Crippen molar-refractivity contribution in [3.63, 3.8) is 0 Å². The van der Waals surface area contributed by atoms with Gasteiger partial charge in [0.15, 0.2) is 0 Å². The monoisotopic (exact) mass is 330 g/mol. The van der Waals surface area contributed by atoms with Gasteiger partial charge in [0.1, 0.15) is 0 Å². The molecule has 18 heavy (non-hydrogen) atoms. The van der Waals surface area contributed by atoms with Crippen LogP contribution < -0.4 is 40.8 Å². The van der Waals surface area contributed by atoms with E-state index in [0.29, 0.717) is 0 Å². The number of halogens is 3. The maximum atomic E-state index is 5.06. The maximum Gasteiger partial charge on any atom is 1.00 e. The first-order chi connectivity index (χ1) is 5.95. The van der Waals surface area contributed by atoms with Crippen LogP contribution in [0.5, 0.6) is 0 Å². The van der Waals surface area contributed by atoms with Gasteiger partial charge in [-0.25, -0.2) is 0 Å². The molecule has 1 aromatic rings. The Morgan fingerprint density at radius 3 is 1.39 bits per heavy atom. The number of hydrogen-bond donors (Lipinski definition) is 2. The summed E-state index contributed by atoms with van der Waals surface area (Å²) in [5.74, 6) is 5.06. The van der Waals surface area contributed by atoms with Gasteiger partial charge in [-0.2, -0.15) is 0 Å². The van der Waals surface area contributed by atoms with Crippen molar-refractivity contribution in [1.29, 1.82) is 0 Å². The predicted octanol–water partition coefficient (Wildman–Crippen LogP) is -0.200. The number of rotatable bonds is 0. The predicted molar refractivity (Wildman–Crippen MR) is 84.7 cm³/mol. The molecular weight excluding hydrogens is 305 g/mol. The zero-order valence-corrected chi connectivity index (χ0v) is 16.1. The summed E-state index contributed by atoms with van der Waals surface area (Å²) in [5, 5.41) is 0. The molecular formula is C11H26Cl3N2NaO. The Morgan fingerprint density at radius 2 is 1.28 bits per heavy atom. The van der Waals surface area contributed by atoms with E-state index < -0.39 is 0 Å². The third-order valence-corrected chi connectivity index (χ3v) is 1.37. The molecule has 7 heteroatoms. The SMILES string of the molecule is CC(C)(C)NN.Cc1ccccc1.Cl.Cl.Cl.O.[H-].[Na+]. The molecule has 1 rings (SSSR count). The Hall–Kier alpha value is 0.970. The molecule has 3 nitrogen and oxygen atoms in total. The van der Waals surface area contributed by atoms with Crippen LogP contribution in [0.2, 0.25) is 0 Å². The minimum Gasteiger partial charge on any atom is -1.00 e. The Kier molecular flexibility index (Phi) is 41.0. The van der Waals surface area contributed by atoms with Crippen molar-refractivity contribution in [2.45, 2.75) is 33.2 Å². The molecule has 0 radical (unpaired) electrons. The first kappa shape index (κ1) is 36.4. The number of benzene rings is 1. The van der Waals surface area contributed by atoms with E-state index in [1.54, 1.807) is 0 Å². The second-order valence-corrected chi connectivity index (χ2v) is 4.05. The molecule has 0 aliphatic rings. The largest absolute Gasteiger partial charge is 1.00 e. The minimum atomic E-state index is 0. The van der Waals surface area contributed by atoms with Gasteiger partial charge in [0.2, 0.25) is 0 Å². The summed E-state index contributed by atoms with van der Waals surface area (Å²) in [6.07, 6.45) is 0.